The summed E-state index contributed by atoms with van der Waals surface area (Å²) in [5, 5.41) is 3.50. The number of methoxy groups -OCH3 is 1. The van der Waals surface area contributed by atoms with Crippen molar-refractivity contribution in [1.82, 2.24) is 5.32 Å². The molecule has 0 bridgehead atoms. The van der Waals surface area contributed by atoms with Crippen LogP contribution in [0.1, 0.15) is 63.5 Å². The Labute approximate surface area is 264 Å². The van der Waals surface area contributed by atoms with Gasteiger partial charge in [0, 0.05) is 31.2 Å². The lowest BCUT2D eigenvalue weighted by Gasteiger charge is -2.35. The minimum atomic E-state index is -3.82. The maximum Gasteiger partial charge on any atom is 0.474 e. The normalized spacial score (nSPS) is 15.0. The summed E-state index contributed by atoms with van der Waals surface area (Å²) in [7, 11) is 0.234. The van der Waals surface area contributed by atoms with E-state index < -0.39 is 25.1 Å². The summed E-state index contributed by atoms with van der Waals surface area (Å²) in [6.45, 7) is 9.16. The number of nitrogens with one attached hydrogen (secondary N) is 1. The molecule has 1 saturated carbocycles. The second-order valence-electron chi connectivity index (χ2n) is 11.4. The molecule has 9 nitrogen and oxygen atoms in total. The highest BCUT2D eigenvalue weighted by Crippen LogP contribution is 2.49. The number of amides is 1. The van der Waals surface area contributed by atoms with Crippen molar-refractivity contribution < 1.29 is 37.1 Å². The standard InChI is InChI=1S/C31H43ClNO8PS/c1-8-16-31(20-40-42(35,37-6)38-7,33-29(34)41-30(2,3)4)17-15-23-11-13-25(19-26(23)32)43-28-18-24(22-9-10-22)12-14-27(28)39-21-36-5/h8,11-14,18-19,22H,1,9-10,15-17,20-21H2,2-7H3,(H,33,34)/t31-/m0/s1. The fraction of sp³-hybridized carbons (Fsp3) is 0.516. The Kier molecular flexibility index (Phi) is 13.0. The van der Waals surface area contributed by atoms with Crippen LogP contribution in [0.15, 0.2) is 58.8 Å². The summed E-state index contributed by atoms with van der Waals surface area (Å²) >= 11 is 8.37. The number of carbonyl (C=O) groups is 1. The Balaban J connectivity index is 1.81. The molecule has 0 saturated heterocycles. The van der Waals surface area contributed by atoms with Gasteiger partial charge < -0.3 is 19.5 Å². The molecular weight excluding hydrogens is 613 g/mol. The Morgan fingerprint density at radius 1 is 1.14 bits per heavy atom. The average molecular weight is 656 g/mol. The lowest BCUT2D eigenvalue weighted by Crippen LogP contribution is -2.53. The number of alkyl carbamates (subject to hydrolysis) is 1. The van der Waals surface area contributed by atoms with Gasteiger partial charge in [-0.3, -0.25) is 13.6 Å². The molecule has 2 aromatic rings. The third-order valence-electron chi connectivity index (χ3n) is 6.72. The zero-order chi connectivity index (χ0) is 31.7. The number of halogens is 1. The van der Waals surface area contributed by atoms with Gasteiger partial charge >= 0.3 is 13.9 Å². The Hall–Kier alpha value is -2.04. The first kappa shape index (κ1) is 35.4. The van der Waals surface area contributed by atoms with Gasteiger partial charge in [-0.2, -0.15) is 0 Å². The third-order valence-corrected chi connectivity index (χ3v) is 9.44. The van der Waals surface area contributed by atoms with Crippen molar-refractivity contribution in [1.29, 1.82) is 0 Å². The molecule has 0 aromatic heterocycles. The van der Waals surface area contributed by atoms with Crippen LogP contribution in [0.25, 0.3) is 0 Å². The van der Waals surface area contributed by atoms with Gasteiger partial charge in [0.2, 0.25) is 0 Å². The van der Waals surface area contributed by atoms with Crippen molar-refractivity contribution in [3.63, 3.8) is 0 Å². The molecule has 0 heterocycles. The lowest BCUT2D eigenvalue weighted by molar-refractivity contribution is 0.0369. The Morgan fingerprint density at radius 3 is 2.44 bits per heavy atom. The van der Waals surface area contributed by atoms with E-state index in [0.717, 1.165) is 21.1 Å². The summed E-state index contributed by atoms with van der Waals surface area (Å²) < 4.78 is 44.6. The first-order valence-electron chi connectivity index (χ1n) is 14.0. The second-order valence-corrected chi connectivity index (χ2v) is 14.8. The largest absolute Gasteiger partial charge is 0.474 e. The van der Waals surface area contributed by atoms with Crippen molar-refractivity contribution >= 4 is 37.3 Å². The predicted molar refractivity (Wildman–Crippen MR) is 169 cm³/mol. The van der Waals surface area contributed by atoms with E-state index in [4.69, 9.17) is 39.4 Å². The molecule has 1 aliphatic carbocycles. The number of ether oxygens (including phenoxy) is 3. The summed E-state index contributed by atoms with van der Waals surface area (Å²) in [6.07, 6.45) is 4.58. The van der Waals surface area contributed by atoms with E-state index in [0.29, 0.717) is 30.2 Å². The maximum atomic E-state index is 12.9. The summed E-state index contributed by atoms with van der Waals surface area (Å²) in [5.41, 5.74) is 0.419. The van der Waals surface area contributed by atoms with E-state index in [1.165, 1.54) is 32.6 Å². The van der Waals surface area contributed by atoms with Gasteiger partial charge in [-0.25, -0.2) is 9.36 Å². The predicted octanol–water partition coefficient (Wildman–Crippen LogP) is 8.54. The number of phosphoric ester groups is 1. The van der Waals surface area contributed by atoms with Crippen LogP contribution in [0.3, 0.4) is 0 Å². The minimum Gasteiger partial charge on any atom is -0.466 e. The van der Waals surface area contributed by atoms with E-state index in [2.05, 4.69) is 24.0 Å². The fourth-order valence-electron chi connectivity index (χ4n) is 4.37. The van der Waals surface area contributed by atoms with Crippen molar-refractivity contribution in [2.45, 2.75) is 79.7 Å². The number of rotatable bonds is 17. The quantitative estimate of drug-likeness (QED) is 0.102. The van der Waals surface area contributed by atoms with Crippen LogP contribution in [0.4, 0.5) is 4.79 Å². The topological polar surface area (TPSA) is 102 Å². The van der Waals surface area contributed by atoms with Crippen LogP contribution in [-0.2, 0) is 34.0 Å². The SMILES string of the molecule is C=CC[C@](CCc1ccc(Sc2cc(C3CC3)ccc2OCOC)cc1Cl)(COP(=O)(OC)OC)NC(=O)OC(C)(C)C. The molecule has 0 aliphatic heterocycles. The number of phosphoric acid groups is 1. The molecule has 1 aliphatic rings. The minimum absolute atomic E-state index is 0.160. The van der Waals surface area contributed by atoms with Crippen LogP contribution < -0.4 is 10.1 Å². The van der Waals surface area contributed by atoms with E-state index >= 15 is 0 Å². The molecule has 0 spiro atoms. The van der Waals surface area contributed by atoms with Gasteiger partial charge in [0.1, 0.15) is 11.4 Å². The molecule has 1 atom stereocenters. The van der Waals surface area contributed by atoms with Crippen LogP contribution in [0.5, 0.6) is 5.75 Å². The van der Waals surface area contributed by atoms with Gasteiger partial charge in [-0.1, -0.05) is 41.6 Å². The highest BCUT2D eigenvalue weighted by molar-refractivity contribution is 7.99. The molecule has 0 unspecified atom stereocenters. The number of hydrogen-bond acceptors (Lipinski definition) is 9. The monoisotopic (exact) mass is 655 g/mol. The van der Waals surface area contributed by atoms with Crippen LogP contribution in [0.2, 0.25) is 5.02 Å². The highest BCUT2D eigenvalue weighted by atomic mass is 35.5. The Bertz CT molecular complexity index is 1290. The van der Waals surface area contributed by atoms with E-state index in [9.17, 15) is 9.36 Å². The molecule has 238 valence electrons. The third kappa shape index (κ3) is 11.1. The van der Waals surface area contributed by atoms with Gasteiger partial charge in [0.25, 0.3) is 0 Å². The number of hydrogen-bond donors (Lipinski definition) is 1. The van der Waals surface area contributed by atoms with Gasteiger partial charge in [-0.05, 0) is 94.2 Å². The summed E-state index contributed by atoms with van der Waals surface area (Å²) in [4.78, 5) is 14.8. The zero-order valence-electron chi connectivity index (χ0n) is 25.8. The zero-order valence-corrected chi connectivity index (χ0v) is 28.2. The summed E-state index contributed by atoms with van der Waals surface area (Å²) in [6, 6.07) is 12.2. The van der Waals surface area contributed by atoms with Crippen molar-refractivity contribution in [2.24, 2.45) is 0 Å². The van der Waals surface area contributed by atoms with Crippen LogP contribution >= 0.6 is 31.2 Å². The second kappa shape index (κ2) is 15.8. The van der Waals surface area contributed by atoms with E-state index in [1.54, 1.807) is 45.7 Å². The Morgan fingerprint density at radius 2 is 1.86 bits per heavy atom. The molecule has 1 amide bonds. The number of benzene rings is 2. The first-order chi connectivity index (χ1) is 20.3. The molecule has 0 radical (unpaired) electrons. The molecular formula is C31H43ClNO8PS. The number of carbonyl (C=O) groups excluding carboxylic acids is 1. The fourth-order valence-corrected chi connectivity index (χ4v) is 6.47. The highest BCUT2D eigenvalue weighted by Gasteiger charge is 2.37. The van der Waals surface area contributed by atoms with Gasteiger partial charge in [0.15, 0.2) is 6.79 Å². The lowest BCUT2D eigenvalue weighted by atomic mass is 9.88. The number of aryl methyl sites for hydroxylation is 1. The molecule has 3 rings (SSSR count). The molecule has 12 heteroatoms. The molecule has 1 N–H and O–H groups in total. The van der Waals surface area contributed by atoms with Crippen LogP contribution in [0, 0.1) is 0 Å². The molecule has 2 aromatic carbocycles. The van der Waals surface area contributed by atoms with Crippen molar-refractivity contribution in [3.8, 4) is 5.75 Å². The van der Waals surface area contributed by atoms with E-state index in [-0.39, 0.29) is 13.4 Å². The maximum absolute atomic E-state index is 12.9. The van der Waals surface area contributed by atoms with E-state index in [1.807, 2.05) is 24.3 Å². The summed E-state index contributed by atoms with van der Waals surface area (Å²) in [5.74, 6) is 1.36. The average Bonchev–Trinajstić information content (AvgIpc) is 3.80. The van der Waals surface area contributed by atoms with Crippen LogP contribution in [-0.4, -0.2) is 52.0 Å². The molecule has 1 fully saturated rings. The van der Waals surface area contributed by atoms with Gasteiger partial charge in [-0.15, -0.1) is 6.58 Å². The van der Waals surface area contributed by atoms with Crippen molar-refractivity contribution in [3.05, 3.63) is 65.2 Å². The first-order valence-corrected chi connectivity index (χ1v) is 16.7. The molecule has 43 heavy (non-hydrogen) atoms. The van der Waals surface area contributed by atoms with Crippen molar-refractivity contribution in [2.75, 3.05) is 34.7 Å². The smallest absolute Gasteiger partial charge is 0.466 e. The van der Waals surface area contributed by atoms with Gasteiger partial charge in [0.05, 0.1) is 17.0 Å².